The second-order valence-corrected chi connectivity index (χ2v) is 13.0. The first-order valence-electron chi connectivity index (χ1n) is 15.0. The van der Waals surface area contributed by atoms with Crippen molar-refractivity contribution in [2.75, 3.05) is 0 Å². The third kappa shape index (κ3) is 4.19. The molecule has 0 spiro atoms. The molecule has 1 aliphatic carbocycles. The molecule has 0 saturated heterocycles. The van der Waals surface area contributed by atoms with Crippen LogP contribution in [0.25, 0.3) is 39.3 Å². The number of aryl methyl sites for hydroxylation is 3. The Kier molecular flexibility index (Phi) is 6.57. The van der Waals surface area contributed by atoms with E-state index in [0.29, 0.717) is 11.8 Å². The molecule has 6 rings (SSSR count). The summed E-state index contributed by atoms with van der Waals surface area (Å²) in [7, 11) is 0. The molecule has 1 heterocycles. The van der Waals surface area contributed by atoms with Gasteiger partial charge in [-0.25, -0.2) is 4.98 Å². The van der Waals surface area contributed by atoms with Gasteiger partial charge in [0.25, 0.3) is 0 Å². The van der Waals surface area contributed by atoms with Gasteiger partial charge in [-0.3, -0.25) is 4.57 Å². The molecule has 41 heavy (non-hydrogen) atoms. The Morgan fingerprint density at radius 1 is 0.707 bits per heavy atom. The van der Waals surface area contributed by atoms with Crippen LogP contribution in [0.15, 0.2) is 79.1 Å². The number of aromatic nitrogens is 2. The highest BCUT2D eigenvalue weighted by atomic mass is 15.1. The van der Waals surface area contributed by atoms with Crippen molar-refractivity contribution in [3.63, 3.8) is 0 Å². The van der Waals surface area contributed by atoms with E-state index >= 15 is 0 Å². The standard InChI is InChI=1S/C39H42N2/c1-23(2)30-22-32-29-15-10-11-16-33(29)39(8,9)36(32)34(24(3)4)37(30)41-20-19-40-38(41)31-21-28(18-17-25(31)5)35-26(6)13-12-14-27(35)7/h10-24H,1-9H3. The summed E-state index contributed by atoms with van der Waals surface area (Å²) in [5.74, 6) is 1.72. The molecular formula is C39H42N2. The minimum absolute atomic E-state index is 0.0747. The summed E-state index contributed by atoms with van der Waals surface area (Å²) in [6, 6.07) is 24.9. The maximum Gasteiger partial charge on any atom is 0.144 e. The highest BCUT2D eigenvalue weighted by Gasteiger charge is 2.40. The fourth-order valence-electron chi connectivity index (χ4n) is 7.24. The van der Waals surface area contributed by atoms with Gasteiger partial charge >= 0.3 is 0 Å². The van der Waals surface area contributed by atoms with Crippen molar-refractivity contribution in [2.45, 2.75) is 79.6 Å². The molecule has 2 nitrogen and oxygen atoms in total. The summed E-state index contributed by atoms with van der Waals surface area (Å²) >= 11 is 0. The number of imidazole rings is 1. The van der Waals surface area contributed by atoms with Crippen LogP contribution < -0.4 is 0 Å². The van der Waals surface area contributed by atoms with Crippen molar-refractivity contribution >= 4 is 0 Å². The molecule has 0 saturated carbocycles. The first-order chi connectivity index (χ1) is 19.5. The van der Waals surface area contributed by atoms with E-state index in [1.165, 1.54) is 72.4 Å². The number of rotatable bonds is 5. The average Bonchev–Trinajstić information content (AvgIpc) is 3.49. The predicted molar refractivity (Wildman–Crippen MR) is 174 cm³/mol. The van der Waals surface area contributed by atoms with Gasteiger partial charge in [-0.05, 0) is 106 Å². The van der Waals surface area contributed by atoms with Crippen molar-refractivity contribution in [3.05, 3.63) is 118 Å². The Balaban J connectivity index is 1.65. The van der Waals surface area contributed by atoms with Crippen molar-refractivity contribution in [2.24, 2.45) is 0 Å². The van der Waals surface area contributed by atoms with Gasteiger partial charge in [0.1, 0.15) is 5.82 Å². The van der Waals surface area contributed by atoms with E-state index in [2.05, 4.69) is 140 Å². The number of hydrogen-bond donors (Lipinski definition) is 0. The monoisotopic (exact) mass is 538 g/mol. The van der Waals surface area contributed by atoms with Crippen LogP contribution in [0.2, 0.25) is 0 Å². The van der Waals surface area contributed by atoms with Gasteiger partial charge in [0.05, 0.1) is 5.69 Å². The zero-order valence-electron chi connectivity index (χ0n) is 26.1. The normalized spacial score (nSPS) is 13.6. The van der Waals surface area contributed by atoms with Crippen LogP contribution in [-0.2, 0) is 5.41 Å². The molecule has 2 heteroatoms. The number of fused-ring (bicyclic) bond motifs is 3. The third-order valence-electron chi connectivity index (χ3n) is 9.21. The second kappa shape index (κ2) is 9.87. The molecule has 0 radical (unpaired) electrons. The van der Waals surface area contributed by atoms with Gasteiger partial charge in [-0.1, -0.05) is 96.1 Å². The zero-order valence-corrected chi connectivity index (χ0v) is 26.1. The van der Waals surface area contributed by atoms with Crippen molar-refractivity contribution in [1.29, 1.82) is 0 Å². The van der Waals surface area contributed by atoms with Crippen LogP contribution >= 0.6 is 0 Å². The molecule has 0 unspecified atom stereocenters. The molecule has 0 aliphatic heterocycles. The molecule has 4 aromatic carbocycles. The lowest BCUT2D eigenvalue weighted by molar-refractivity contribution is 0.639. The van der Waals surface area contributed by atoms with Crippen LogP contribution in [0.5, 0.6) is 0 Å². The quantitative estimate of drug-likeness (QED) is 0.218. The van der Waals surface area contributed by atoms with Gasteiger partial charge in [0.2, 0.25) is 0 Å². The van der Waals surface area contributed by atoms with Gasteiger partial charge in [0, 0.05) is 23.4 Å². The summed E-state index contributed by atoms with van der Waals surface area (Å²) in [6.07, 6.45) is 4.15. The fraction of sp³-hybridized carbons (Fsp3) is 0.308. The van der Waals surface area contributed by atoms with E-state index in [1.54, 1.807) is 0 Å². The minimum Gasteiger partial charge on any atom is -0.299 e. The van der Waals surface area contributed by atoms with Crippen LogP contribution in [-0.4, -0.2) is 9.55 Å². The summed E-state index contributed by atoms with van der Waals surface area (Å²) in [6.45, 7) is 20.8. The molecular weight excluding hydrogens is 496 g/mol. The molecule has 0 amide bonds. The van der Waals surface area contributed by atoms with E-state index in [4.69, 9.17) is 4.98 Å². The van der Waals surface area contributed by atoms with E-state index in [-0.39, 0.29) is 5.41 Å². The molecule has 0 atom stereocenters. The first kappa shape index (κ1) is 27.3. The van der Waals surface area contributed by atoms with Crippen LogP contribution in [0, 0.1) is 20.8 Å². The largest absolute Gasteiger partial charge is 0.299 e. The number of benzene rings is 4. The third-order valence-corrected chi connectivity index (χ3v) is 9.21. The fourth-order valence-corrected chi connectivity index (χ4v) is 7.24. The minimum atomic E-state index is -0.0747. The SMILES string of the molecule is Cc1ccc(-c2c(C)cccc2C)cc1-c1nccn1-c1c(C(C)C)cc2c(c1C(C)C)C(C)(C)c1ccccc1-2. The van der Waals surface area contributed by atoms with Gasteiger partial charge < -0.3 is 0 Å². The lowest BCUT2D eigenvalue weighted by atomic mass is 9.76. The Morgan fingerprint density at radius 3 is 2.10 bits per heavy atom. The maximum atomic E-state index is 5.04. The molecule has 0 N–H and O–H groups in total. The van der Waals surface area contributed by atoms with Crippen LogP contribution in [0.3, 0.4) is 0 Å². The van der Waals surface area contributed by atoms with E-state index < -0.39 is 0 Å². The van der Waals surface area contributed by atoms with Gasteiger partial charge in [-0.15, -0.1) is 0 Å². The highest BCUT2D eigenvalue weighted by molar-refractivity contribution is 5.86. The topological polar surface area (TPSA) is 17.8 Å². The second-order valence-electron chi connectivity index (χ2n) is 13.0. The molecule has 208 valence electrons. The lowest BCUT2D eigenvalue weighted by Gasteiger charge is -2.31. The highest BCUT2D eigenvalue weighted by Crippen LogP contribution is 2.54. The van der Waals surface area contributed by atoms with Crippen molar-refractivity contribution in [3.8, 4) is 39.3 Å². The van der Waals surface area contributed by atoms with Crippen molar-refractivity contribution in [1.82, 2.24) is 9.55 Å². The number of hydrogen-bond acceptors (Lipinski definition) is 1. The molecule has 1 aliphatic rings. The predicted octanol–water partition coefficient (Wildman–Crippen LogP) is 10.7. The summed E-state index contributed by atoms with van der Waals surface area (Å²) in [5.41, 5.74) is 17.3. The Bertz CT molecular complexity index is 1770. The van der Waals surface area contributed by atoms with E-state index in [0.717, 1.165) is 5.82 Å². The van der Waals surface area contributed by atoms with E-state index in [9.17, 15) is 0 Å². The van der Waals surface area contributed by atoms with Gasteiger partial charge in [-0.2, -0.15) is 0 Å². The zero-order chi connectivity index (χ0) is 29.2. The lowest BCUT2D eigenvalue weighted by Crippen LogP contribution is -2.20. The average molecular weight is 539 g/mol. The Labute approximate surface area is 246 Å². The Morgan fingerprint density at radius 2 is 1.41 bits per heavy atom. The van der Waals surface area contributed by atoms with E-state index in [1.807, 2.05) is 6.20 Å². The summed E-state index contributed by atoms with van der Waals surface area (Å²) in [5, 5.41) is 0. The summed E-state index contributed by atoms with van der Waals surface area (Å²) in [4.78, 5) is 5.04. The molecule has 1 aromatic heterocycles. The number of nitrogens with zero attached hydrogens (tertiary/aromatic N) is 2. The first-order valence-corrected chi connectivity index (χ1v) is 15.0. The van der Waals surface area contributed by atoms with Crippen LogP contribution in [0.1, 0.15) is 92.3 Å². The molecule has 0 bridgehead atoms. The summed E-state index contributed by atoms with van der Waals surface area (Å²) < 4.78 is 2.39. The Hall–Kier alpha value is -3.91. The molecule has 0 fully saturated rings. The van der Waals surface area contributed by atoms with Crippen molar-refractivity contribution < 1.29 is 0 Å². The maximum absolute atomic E-state index is 5.04. The smallest absolute Gasteiger partial charge is 0.144 e. The van der Waals surface area contributed by atoms with Crippen LogP contribution in [0.4, 0.5) is 0 Å². The van der Waals surface area contributed by atoms with Gasteiger partial charge in [0.15, 0.2) is 0 Å². The molecule has 5 aromatic rings.